The number of hydrogen-bond acceptors (Lipinski definition) is 4. The average Bonchev–Trinajstić information content (AvgIpc) is 2.43. The maximum Gasteiger partial charge on any atom is 0.240 e. The van der Waals surface area contributed by atoms with Crippen molar-refractivity contribution >= 4 is 10.0 Å². The Morgan fingerprint density at radius 3 is 2.75 bits per heavy atom. The SMILES string of the molecule is CCCCOCCNS(=O)(=O)c1ccc(F)c(CN)c1. The second-order valence-electron chi connectivity index (χ2n) is 4.32. The fraction of sp³-hybridized carbons (Fsp3) is 0.538. The third-order valence-corrected chi connectivity index (χ3v) is 4.19. The molecule has 1 rings (SSSR count). The first-order valence-electron chi connectivity index (χ1n) is 6.57. The van der Waals surface area contributed by atoms with Crippen molar-refractivity contribution in [2.45, 2.75) is 31.2 Å². The quantitative estimate of drug-likeness (QED) is 0.675. The zero-order valence-electron chi connectivity index (χ0n) is 11.6. The standard InChI is InChI=1S/C13H21FN2O3S/c1-2-3-7-19-8-6-16-20(17,18)12-4-5-13(14)11(9-12)10-15/h4-5,9,16H,2-3,6-8,10,15H2,1H3. The Kier molecular flexibility index (Phi) is 7.08. The van der Waals surface area contributed by atoms with Gasteiger partial charge in [0.15, 0.2) is 0 Å². The van der Waals surface area contributed by atoms with Crippen molar-refractivity contribution < 1.29 is 17.5 Å². The van der Waals surface area contributed by atoms with E-state index in [9.17, 15) is 12.8 Å². The minimum Gasteiger partial charge on any atom is -0.380 e. The predicted molar refractivity (Wildman–Crippen MR) is 75.2 cm³/mol. The van der Waals surface area contributed by atoms with Crippen molar-refractivity contribution in [1.29, 1.82) is 0 Å². The molecule has 0 aliphatic carbocycles. The molecule has 0 aliphatic rings. The molecular formula is C13H21FN2O3S. The fourth-order valence-electron chi connectivity index (χ4n) is 1.55. The van der Waals surface area contributed by atoms with E-state index in [4.69, 9.17) is 10.5 Å². The molecule has 0 saturated carbocycles. The second kappa shape index (κ2) is 8.31. The molecule has 7 heteroatoms. The van der Waals surface area contributed by atoms with E-state index < -0.39 is 15.8 Å². The van der Waals surface area contributed by atoms with E-state index in [0.29, 0.717) is 13.2 Å². The molecule has 0 atom stereocenters. The van der Waals surface area contributed by atoms with E-state index in [0.717, 1.165) is 18.9 Å². The van der Waals surface area contributed by atoms with Crippen LogP contribution in [0.4, 0.5) is 4.39 Å². The third kappa shape index (κ3) is 5.16. The van der Waals surface area contributed by atoms with Crippen LogP contribution in [-0.4, -0.2) is 28.2 Å². The zero-order valence-corrected chi connectivity index (χ0v) is 12.4. The summed E-state index contributed by atoms with van der Waals surface area (Å²) < 4.78 is 44.9. The molecule has 0 aromatic heterocycles. The van der Waals surface area contributed by atoms with Crippen molar-refractivity contribution in [1.82, 2.24) is 4.72 Å². The minimum atomic E-state index is -3.65. The highest BCUT2D eigenvalue weighted by atomic mass is 32.2. The Hall–Kier alpha value is -1.02. The van der Waals surface area contributed by atoms with Crippen molar-refractivity contribution in [3.63, 3.8) is 0 Å². The monoisotopic (exact) mass is 304 g/mol. The molecule has 0 fully saturated rings. The van der Waals surface area contributed by atoms with E-state index in [2.05, 4.69) is 11.6 Å². The highest BCUT2D eigenvalue weighted by molar-refractivity contribution is 7.89. The Bertz CT molecular complexity index is 520. The maximum atomic E-state index is 13.3. The highest BCUT2D eigenvalue weighted by Gasteiger charge is 2.15. The van der Waals surface area contributed by atoms with E-state index in [-0.39, 0.29) is 23.5 Å². The van der Waals surface area contributed by atoms with Gasteiger partial charge in [-0.15, -0.1) is 0 Å². The number of ether oxygens (including phenoxy) is 1. The number of nitrogens with one attached hydrogen (secondary N) is 1. The van der Waals surface area contributed by atoms with Crippen LogP contribution in [-0.2, 0) is 21.3 Å². The third-order valence-electron chi connectivity index (χ3n) is 2.73. The average molecular weight is 304 g/mol. The summed E-state index contributed by atoms with van der Waals surface area (Å²) in [4.78, 5) is 0.00732. The summed E-state index contributed by atoms with van der Waals surface area (Å²) in [5, 5.41) is 0. The number of unbranched alkanes of at least 4 members (excludes halogenated alkanes) is 1. The van der Waals surface area contributed by atoms with Gasteiger partial charge < -0.3 is 10.5 Å². The van der Waals surface area contributed by atoms with Crippen LogP contribution in [0.5, 0.6) is 0 Å². The Labute approximate surface area is 119 Å². The minimum absolute atomic E-state index is 0.00732. The van der Waals surface area contributed by atoms with Crippen molar-refractivity contribution in [2.24, 2.45) is 5.73 Å². The smallest absolute Gasteiger partial charge is 0.240 e. The van der Waals surface area contributed by atoms with Crippen molar-refractivity contribution in [3.05, 3.63) is 29.6 Å². The molecule has 20 heavy (non-hydrogen) atoms. The topological polar surface area (TPSA) is 81.4 Å². The van der Waals surface area contributed by atoms with Crippen LogP contribution in [0.2, 0.25) is 0 Å². The first-order chi connectivity index (χ1) is 9.51. The number of sulfonamides is 1. The number of nitrogens with two attached hydrogens (primary N) is 1. The molecule has 1 aromatic rings. The Balaban J connectivity index is 2.56. The summed E-state index contributed by atoms with van der Waals surface area (Å²) in [6, 6.07) is 3.57. The molecule has 5 nitrogen and oxygen atoms in total. The number of halogens is 1. The Morgan fingerprint density at radius 1 is 1.35 bits per heavy atom. The molecule has 0 heterocycles. The first-order valence-corrected chi connectivity index (χ1v) is 8.05. The molecule has 0 unspecified atom stereocenters. The van der Waals surface area contributed by atoms with Crippen LogP contribution >= 0.6 is 0 Å². The summed E-state index contributed by atoms with van der Waals surface area (Å²) in [6.45, 7) is 3.11. The maximum absolute atomic E-state index is 13.3. The van der Waals surface area contributed by atoms with E-state index in [1.54, 1.807) is 0 Å². The largest absolute Gasteiger partial charge is 0.380 e. The second-order valence-corrected chi connectivity index (χ2v) is 6.09. The summed E-state index contributed by atoms with van der Waals surface area (Å²) in [5.41, 5.74) is 5.53. The summed E-state index contributed by atoms with van der Waals surface area (Å²) in [6.07, 6.45) is 1.98. The van der Waals surface area contributed by atoms with E-state index >= 15 is 0 Å². The van der Waals surface area contributed by atoms with Gasteiger partial charge in [0.25, 0.3) is 0 Å². The van der Waals surface area contributed by atoms with Crippen LogP contribution in [0, 0.1) is 5.82 Å². The molecule has 1 aromatic carbocycles. The molecule has 0 spiro atoms. The molecule has 0 radical (unpaired) electrons. The molecule has 114 valence electrons. The number of hydrogen-bond donors (Lipinski definition) is 2. The lowest BCUT2D eigenvalue weighted by Crippen LogP contribution is -2.27. The molecule has 0 bridgehead atoms. The van der Waals surface area contributed by atoms with Gasteiger partial charge in [0, 0.05) is 25.3 Å². The molecule has 0 aliphatic heterocycles. The lowest BCUT2D eigenvalue weighted by atomic mass is 10.2. The number of benzene rings is 1. The zero-order chi connectivity index (χ0) is 15.0. The van der Waals surface area contributed by atoms with Gasteiger partial charge >= 0.3 is 0 Å². The van der Waals surface area contributed by atoms with Crippen LogP contribution in [0.3, 0.4) is 0 Å². The molecule has 3 N–H and O–H groups in total. The summed E-state index contributed by atoms with van der Waals surface area (Å²) in [7, 11) is -3.65. The lowest BCUT2D eigenvalue weighted by molar-refractivity contribution is 0.136. The van der Waals surface area contributed by atoms with Crippen LogP contribution in [0.15, 0.2) is 23.1 Å². The molecular weight excluding hydrogens is 283 g/mol. The van der Waals surface area contributed by atoms with E-state index in [1.807, 2.05) is 0 Å². The Morgan fingerprint density at radius 2 is 2.10 bits per heavy atom. The summed E-state index contributed by atoms with van der Waals surface area (Å²) >= 11 is 0. The predicted octanol–water partition coefficient (Wildman–Crippen LogP) is 1.38. The van der Waals surface area contributed by atoms with Gasteiger partial charge in [0.1, 0.15) is 5.82 Å². The fourth-order valence-corrected chi connectivity index (χ4v) is 2.62. The van der Waals surface area contributed by atoms with Gasteiger partial charge in [-0.25, -0.2) is 17.5 Å². The van der Waals surface area contributed by atoms with Gasteiger partial charge in [-0.2, -0.15) is 0 Å². The van der Waals surface area contributed by atoms with Crippen LogP contribution in [0.1, 0.15) is 25.3 Å². The van der Waals surface area contributed by atoms with Gasteiger partial charge in [0.2, 0.25) is 10.0 Å². The normalized spacial score (nSPS) is 11.8. The first kappa shape index (κ1) is 17.0. The van der Waals surface area contributed by atoms with Crippen LogP contribution < -0.4 is 10.5 Å². The lowest BCUT2D eigenvalue weighted by Gasteiger charge is -2.09. The summed E-state index contributed by atoms with van der Waals surface area (Å²) in [5.74, 6) is -0.505. The van der Waals surface area contributed by atoms with Crippen molar-refractivity contribution in [2.75, 3.05) is 19.8 Å². The van der Waals surface area contributed by atoms with E-state index in [1.165, 1.54) is 12.1 Å². The van der Waals surface area contributed by atoms with Gasteiger partial charge in [-0.3, -0.25) is 0 Å². The van der Waals surface area contributed by atoms with Gasteiger partial charge in [-0.05, 0) is 24.6 Å². The number of rotatable bonds is 9. The van der Waals surface area contributed by atoms with Crippen molar-refractivity contribution in [3.8, 4) is 0 Å². The van der Waals surface area contributed by atoms with Gasteiger partial charge in [0.05, 0.1) is 11.5 Å². The highest BCUT2D eigenvalue weighted by Crippen LogP contribution is 2.14. The molecule has 0 saturated heterocycles. The van der Waals surface area contributed by atoms with Gasteiger partial charge in [-0.1, -0.05) is 13.3 Å². The molecule has 0 amide bonds. The van der Waals surface area contributed by atoms with Crippen LogP contribution in [0.25, 0.3) is 0 Å².